The van der Waals surface area contributed by atoms with Crippen molar-refractivity contribution >= 4 is 29.0 Å². The van der Waals surface area contributed by atoms with E-state index in [-0.39, 0.29) is 12.5 Å². The molecule has 5 nitrogen and oxygen atoms in total. The van der Waals surface area contributed by atoms with Crippen LogP contribution in [-0.2, 0) is 14.3 Å². The molecule has 1 amide bonds. The van der Waals surface area contributed by atoms with Gasteiger partial charge >= 0.3 is 5.97 Å². The molecule has 164 valence electrons. The van der Waals surface area contributed by atoms with E-state index in [0.717, 1.165) is 11.1 Å². The number of benzene rings is 2. The van der Waals surface area contributed by atoms with E-state index < -0.39 is 23.7 Å². The minimum Gasteiger partial charge on any atom is -0.464 e. The van der Waals surface area contributed by atoms with E-state index in [2.05, 4.69) is 24.3 Å². The van der Waals surface area contributed by atoms with Crippen molar-refractivity contribution in [1.29, 1.82) is 0 Å². The summed E-state index contributed by atoms with van der Waals surface area (Å²) in [7, 11) is 0. The first-order valence-corrected chi connectivity index (χ1v) is 11.7. The highest BCUT2D eigenvalue weighted by Gasteiger charge is 2.38. The maximum atomic E-state index is 12.8. The molecule has 4 rings (SSSR count). The number of ether oxygens (including phenoxy) is 1. The van der Waals surface area contributed by atoms with Crippen LogP contribution in [0.5, 0.6) is 0 Å². The highest BCUT2D eigenvalue weighted by Crippen LogP contribution is 2.28. The highest BCUT2D eigenvalue weighted by atomic mass is 32.1. The molecule has 1 saturated heterocycles. The molecule has 1 fully saturated rings. The summed E-state index contributed by atoms with van der Waals surface area (Å²) in [5.74, 6) is -1.52. The Morgan fingerprint density at radius 3 is 2.19 bits per heavy atom. The van der Waals surface area contributed by atoms with Gasteiger partial charge in [-0.15, -0.1) is 11.3 Å². The van der Waals surface area contributed by atoms with Crippen LogP contribution >= 0.6 is 11.3 Å². The molecule has 0 unspecified atom stereocenters. The van der Waals surface area contributed by atoms with E-state index in [4.69, 9.17) is 4.74 Å². The molecule has 32 heavy (non-hydrogen) atoms. The van der Waals surface area contributed by atoms with Gasteiger partial charge in [0.05, 0.1) is 11.5 Å². The Morgan fingerprint density at radius 1 is 0.938 bits per heavy atom. The van der Waals surface area contributed by atoms with Crippen molar-refractivity contribution in [3.05, 3.63) is 94.2 Å². The lowest BCUT2D eigenvalue weighted by molar-refractivity contribution is -0.152. The van der Waals surface area contributed by atoms with Crippen LogP contribution in [0.2, 0.25) is 0 Å². The van der Waals surface area contributed by atoms with Crippen molar-refractivity contribution in [1.82, 2.24) is 4.90 Å². The van der Waals surface area contributed by atoms with E-state index in [1.54, 1.807) is 17.5 Å². The number of carbonyl (C=O) groups excluding carboxylic acids is 3. The average Bonchev–Trinajstić information content (AvgIpc) is 3.54. The second-order valence-corrected chi connectivity index (χ2v) is 8.74. The fourth-order valence-electron chi connectivity index (χ4n) is 4.17. The molecular weight excluding hydrogens is 422 g/mol. The Kier molecular flexibility index (Phi) is 7.12. The Labute approximate surface area is 191 Å². The van der Waals surface area contributed by atoms with Gasteiger partial charge in [-0.25, -0.2) is 4.79 Å². The molecule has 0 spiro atoms. The van der Waals surface area contributed by atoms with Crippen LogP contribution in [0.3, 0.4) is 0 Å². The standard InChI is InChI=1S/C26H25NO4S/c28-24(23-14-8-18-32-23)25(29)27-16-7-13-22(27)26(30)31-17-15-21(19-9-3-1-4-10-19)20-11-5-2-6-12-20/h1-6,8-12,14,18,21-22H,7,13,15-17H2/t22-/m1/s1. The monoisotopic (exact) mass is 447 g/mol. The van der Waals surface area contributed by atoms with Gasteiger partial charge in [0, 0.05) is 12.5 Å². The fourth-order valence-corrected chi connectivity index (χ4v) is 4.82. The summed E-state index contributed by atoms with van der Waals surface area (Å²) in [6.07, 6.45) is 1.83. The van der Waals surface area contributed by atoms with Crippen LogP contribution in [0.25, 0.3) is 0 Å². The Bertz CT molecular complexity index is 1010. The molecule has 3 aromatic rings. The zero-order valence-electron chi connectivity index (χ0n) is 17.7. The average molecular weight is 448 g/mol. The smallest absolute Gasteiger partial charge is 0.328 e. The van der Waals surface area contributed by atoms with Crippen LogP contribution in [-0.4, -0.2) is 41.8 Å². The predicted molar refractivity (Wildman–Crippen MR) is 124 cm³/mol. The van der Waals surface area contributed by atoms with Crippen molar-refractivity contribution in [2.45, 2.75) is 31.2 Å². The Balaban J connectivity index is 1.39. The molecule has 2 aromatic carbocycles. The largest absolute Gasteiger partial charge is 0.464 e. The molecule has 6 heteroatoms. The molecular formula is C26H25NO4S. The summed E-state index contributed by atoms with van der Waals surface area (Å²) in [6, 6.07) is 22.9. The third-order valence-corrected chi connectivity index (χ3v) is 6.65. The topological polar surface area (TPSA) is 63.7 Å². The van der Waals surface area contributed by atoms with Crippen LogP contribution in [0, 0.1) is 0 Å². The zero-order valence-corrected chi connectivity index (χ0v) is 18.5. The van der Waals surface area contributed by atoms with Crippen molar-refractivity contribution in [3.63, 3.8) is 0 Å². The number of nitrogens with zero attached hydrogens (tertiary/aromatic N) is 1. The number of thiophene rings is 1. The van der Waals surface area contributed by atoms with Crippen LogP contribution < -0.4 is 0 Å². The summed E-state index contributed by atoms with van der Waals surface area (Å²) in [5, 5.41) is 1.76. The van der Waals surface area contributed by atoms with Gasteiger partial charge in [-0.2, -0.15) is 0 Å². The number of likely N-dealkylation sites (tertiary alicyclic amines) is 1. The number of hydrogen-bond acceptors (Lipinski definition) is 5. The minimum atomic E-state index is -0.696. The van der Waals surface area contributed by atoms with Gasteiger partial charge in [0.15, 0.2) is 0 Å². The van der Waals surface area contributed by atoms with Gasteiger partial charge in [0.1, 0.15) is 6.04 Å². The number of carbonyl (C=O) groups is 3. The first kappa shape index (κ1) is 22.0. The molecule has 0 N–H and O–H groups in total. The number of Topliss-reactive ketones (excluding diaryl/α,β-unsaturated/α-hetero) is 1. The van der Waals surface area contributed by atoms with Crippen molar-refractivity contribution in [3.8, 4) is 0 Å². The van der Waals surface area contributed by atoms with Crippen molar-refractivity contribution in [2.75, 3.05) is 13.2 Å². The van der Waals surface area contributed by atoms with Crippen LogP contribution in [0.4, 0.5) is 0 Å². The van der Waals surface area contributed by atoms with Gasteiger partial charge in [0.25, 0.3) is 11.7 Å². The second kappa shape index (κ2) is 10.4. The number of hydrogen-bond donors (Lipinski definition) is 0. The zero-order chi connectivity index (χ0) is 22.3. The minimum absolute atomic E-state index is 0.104. The Morgan fingerprint density at radius 2 is 1.59 bits per heavy atom. The van der Waals surface area contributed by atoms with E-state index >= 15 is 0 Å². The second-order valence-electron chi connectivity index (χ2n) is 7.79. The maximum Gasteiger partial charge on any atom is 0.328 e. The number of amides is 1. The first-order valence-electron chi connectivity index (χ1n) is 10.8. The van der Waals surface area contributed by atoms with E-state index in [0.29, 0.717) is 30.7 Å². The third-order valence-electron chi connectivity index (χ3n) is 5.78. The number of rotatable bonds is 8. The van der Waals surface area contributed by atoms with Crippen LogP contribution in [0.15, 0.2) is 78.2 Å². The van der Waals surface area contributed by atoms with E-state index in [9.17, 15) is 14.4 Å². The van der Waals surface area contributed by atoms with Crippen molar-refractivity contribution in [2.24, 2.45) is 0 Å². The van der Waals surface area contributed by atoms with Crippen LogP contribution in [0.1, 0.15) is 46.0 Å². The number of esters is 1. The summed E-state index contributed by atoms with van der Waals surface area (Å²) in [4.78, 5) is 39.7. The van der Waals surface area contributed by atoms with E-state index in [1.807, 2.05) is 36.4 Å². The Hall–Kier alpha value is -3.25. The van der Waals surface area contributed by atoms with Gasteiger partial charge in [-0.3, -0.25) is 9.59 Å². The quantitative estimate of drug-likeness (QED) is 0.286. The molecule has 2 heterocycles. The molecule has 0 aliphatic carbocycles. The molecule has 1 atom stereocenters. The molecule has 1 aliphatic rings. The van der Waals surface area contributed by atoms with Gasteiger partial charge in [-0.1, -0.05) is 66.7 Å². The fraction of sp³-hybridized carbons (Fsp3) is 0.269. The normalized spacial score (nSPS) is 15.7. The van der Waals surface area contributed by atoms with E-state index in [1.165, 1.54) is 16.2 Å². The third kappa shape index (κ3) is 4.97. The highest BCUT2D eigenvalue weighted by molar-refractivity contribution is 7.13. The lowest BCUT2D eigenvalue weighted by Crippen LogP contribution is -2.44. The summed E-state index contributed by atoms with van der Waals surface area (Å²) in [5.41, 5.74) is 2.32. The molecule has 1 aromatic heterocycles. The lowest BCUT2D eigenvalue weighted by atomic mass is 9.89. The van der Waals surface area contributed by atoms with Gasteiger partial charge in [0.2, 0.25) is 0 Å². The van der Waals surface area contributed by atoms with Gasteiger partial charge in [-0.05, 0) is 41.8 Å². The summed E-state index contributed by atoms with van der Waals surface area (Å²) in [6.45, 7) is 0.636. The lowest BCUT2D eigenvalue weighted by Gasteiger charge is -2.23. The molecule has 0 bridgehead atoms. The maximum absolute atomic E-state index is 12.8. The molecule has 1 aliphatic heterocycles. The number of ketones is 1. The SMILES string of the molecule is O=C(C(=O)N1CCC[C@@H]1C(=O)OCCC(c1ccccc1)c1ccccc1)c1cccs1. The predicted octanol–water partition coefficient (Wildman–Crippen LogP) is 4.69. The molecule has 0 radical (unpaired) electrons. The van der Waals surface area contributed by atoms with Crippen molar-refractivity contribution < 1.29 is 19.1 Å². The summed E-state index contributed by atoms with van der Waals surface area (Å²) < 4.78 is 5.61. The first-order chi connectivity index (χ1) is 15.6. The van der Waals surface area contributed by atoms with Gasteiger partial charge < -0.3 is 9.64 Å². The summed E-state index contributed by atoms with van der Waals surface area (Å²) >= 11 is 1.23. The molecule has 0 saturated carbocycles.